The number of carboxylic acid groups (broad SMARTS) is 1. The number of carboxylic acids is 1. The van der Waals surface area contributed by atoms with Crippen molar-refractivity contribution < 1.29 is 14.3 Å². The van der Waals surface area contributed by atoms with E-state index in [1.807, 2.05) is 19.1 Å². The Morgan fingerprint density at radius 2 is 2.05 bits per heavy atom. The summed E-state index contributed by atoms with van der Waals surface area (Å²) in [5.41, 5.74) is 3.02. The average molecular weight is 324 g/mol. The van der Waals surface area contributed by atoms with E-state index in [-0.39, 0.29) is 5.76 Å². The van der Waals surface area contributed by atoms with Crippen molar-refractivity contribution >= 4 is 21.9 Å². The minimum atomic E-state index is -1.04. The Balaban J connectivity index is 1.98. The van der Waals surface area contributed by atoms with Crippen LogP contribution in [-0.2, 0) is 13.1 Å². The Bertz CT molecular complexity index is 592. The molecule has 2 N–H and O–H groups in total. The molecule has 2 rings (SSSR count). The third-order valence-corrected chi connectivity index (χ3v) is 3.38. The molecule has 5 heteroatoms. The third kappa shape index (κ3) is 3.45. The van der Waals surface area contributed by atoms with Crippen molar-refractivity contribution in [1.29, 1.82) is 0 Å². The third-order valence-electron chi connectivity index (χ3n) is 2.88. The summed E-state index contributed by atoms with van der Waals surface area (Å²) in [7, 11) is 0. The molecule has 0 aliphatic heterocycles. The summed E-state index contributed by atoms with van der Waals surface area (Å²) in [4.78, 5) is 10.9. The molecular formula is C14H14BrNO3. The van der Waals surface area contributed by atoms with Gasteiger partial charge in [0.15, 0.2) is 0 Å². The zero-order valence-corrected chi connectivity index (χ0v) is 12.0. The summed E-state index contributed by atoms with van der Waals surface area (Å²) in [6, 6.07) is 7.76. The first-order valence-corrected chi connectivity index (χ1v) is 6.62. The molecule has 1 aromatic heterocycles. The molecule has 2 aromatic rings. The van der Waals surface area contributed by atoms with Crippen LogP contribution in [0.4, 0.5) is 0 Å². The minimum absolute atomic E-state index is 0.00142. The lowest BCUT2D eigenvalue weighted by Gasteiger charge is -2.08. The predicted octanol–water partition coefficient (Wildman–Crippen LogP) is 3.34. The molecule has 0 aliphatic rings. The molecule has 0 amide bonds. The second-order valence-electron chi connectivity index (χ2n) is 4.25. The van der Waals surface area contributed by atoms with Crippen molar-refractivity contribution in [3.63, 3.8) is 0 Å². The van der Waals surface area contributed by atoms with Crippen LogP contribution in [-0.4, -0.2) is 11.1 Å². The van der Waals surface area contributed by atoms with Crippen LogP contribution in [0.15, 0.2) is 39.4 Å². The Kier molecular flexibility index (Phi) is 4.39. The van der Waals surface area contributed by atoms with Gasteiger partial charge in [-0.3, -0.25) is 0 Å². The van der Waals surface area contributed by atoms with Crippen LogP contribution < -0.4 is 5.32 Å². The zero-order chi connectivity index (χ0) is 13.8. The number of hydrogen-bond acceptors (Lipinski definition) is 3. The van der Waals surface area contributed by atoms with Gasteiger partial charge in [0.1, 0.15) is 0 Å². The van der Waals surface area contributed by atoms with Gasteiger partial charge < -0.3 is 14.8 Å². The quantitative estimate of drug-likeness (QED) is 0.885. The van der Waals surface area contributed by atoms with E-state index < -0.39 is 5.97 Å². The van der Waals surface area contributed by atoms with Gasteiger partial charge in [-0.25, -0.2) is 4.79 Å². The van der Waals surface area contributed by atoms with E-state index >= 15 is 0 Å². The van der Waals surface area contributed by atoms with Gasteiger partial charge in [0.05, 0.1) is 6.26 Å². The zero-order valence-electron chi connectivity index (χ0n) is 10.4. The van der Waals surface area contributed by atoms with Crippen molar-refractivity contribution in [2.45, 2.75) is 20.0 Å². The maximum Gasteiger partial charge on any atom is 0.372 e. The Morgan fingerprint density at radius 1 is 1.32 bits per heavy atom. The van der Waals surface area contributed by atoms with E-state index in [0.717, 1.165) is 4.47 Å². The molecule has 0 spiro atoms. The summed E-state index contributed by atoms with van der Waals surface area (Å²) in [6.45, 7) is 3.18. The lowest BCUT2D eigenvalue weighted by molar-refractivity contribution is 0.0660. The monoisotopic (exact) mass is 323 g/mol. The fourth-order valence-corrected chi connectivity index (χ4v) is 2.23. The highest BCUT2D eigenvalue weighted by molar-refractivity contribution is 9.10. The molecule has 0 fully saturated rings. The molecule has 4 nitrogen and oxygen atoms in total. The van der Waals surface area contributed by atoms with Crippen LogP contribution in [0.25, 0.3) is 0 Å². The fraction of sp³-hybridized carbons (Fsp3) is 0.214. The average Bonchev–Trinajstić information content (AvgIpc) is 2.82. The number of nitrogens with one attached hydrogen (secondary N) is 1. The summed E-state index contributed by atoms with van der Waals surface area (Å²) in [5.74, 6) is -1.04. The largest absolute Gasteiger partial charge is 0.475 e. The van der Waals surface area contributed by atoms with E-state index in [1.165, 1.54) is 17.4 Å². The molecule has 0 saturated carbocycles. The van der Waals surface area contributed by atoms with Gasteiger partial charge >= 0.3 is 5.97 Å². The topological polar surface area (TPSA) is 62.5 Å². The first kappa shape index (κ1) is 13.8. The van der Waals surface area contributed by atoms with Gasteiger partial charge in [0, 0.05) is 23.1 Å². The molecule has 0 unspecified atom stereocenters. The molecule has 1 aromatic carbocycles. The summed E-state index contributed by atoms with van der Waals surface area (Å²) in [6.07, 6.45) is 1.39. The SMILES string of the molecule is Cc1ccc(Br)cc1CNCc1ccoc1C(=O)O. The van der Waals surface area contributed by atoms with Crippen LogP contribution >= 0.6 is 15.9 Å². The van der Waals surface area contributed by atoms with E-state index in [1.54, 1.807) is 6.07 Å². The van der Waals surface area contributed by atoms with Crippen LogP contribution in [0.1, 0.15) is 27.2 Å². The number of benzene rings is 1. The molecule has 0 atom stereocenters. The normalized spacial score (nSPS) is 10.6. The summed E-state index contributed by atoms with van der Waals surface area (Å²) < 4.78 is 5.96. The first-order valence-electron chi connectivity index (χ1n) is 5.83. The number of furan rings is 1. The van der Waals surface area contributed by atoms with E-state index in [4.69, 9.17) is 9.52 Å². The molecule has 0 aliphatic carbocycles. The smallest absolute Gasteiger partial charge is 0.372 e. The van der Waals surface area contributed by atoms with Gasteiger partial charge in [-0.05, 0) is 36.2 Å². The maximum atomic E-state index is 10.9. The molecule has 0 bridgehead atoms. The van der Waals surface area contributed by atoms with Crippen LogP contribution in [0, 0.1) is 6.92 Å². The van der Waals surface area contributed by atoms with Crippen molar-refractivity contribution in [2.75, 3.05) is 0 Å². The van der Waals surface area contributed by atoms with Crippen molar-refractivity contribution in [3.8, 4) is 0 Å². The summed E-state index contributed by atoms with van der Waals surface area (Å²) in [5, 5.41) is 12.1. The second kappa shape index (κ2) is 6.04. The molecule has 19 heavy (non-hydrogen) atoms. The molecule has 100 valence electrons. The Labute approximate surface area is 119 Å². The lowest BCUT2D eigenvalue weighted by atomic mass is 10.1. The number of aryl methyl sites for hydroxylation is 1. The molecule has 1 heterocycles. The van der Waals surface area contributed by atoms with Crippen molar-refractivity contribution in [2.24, 2.45) is 0 Å². The van der Waals surface area contributed by atoms with Crippen LogP contribution in [0.2, 0.25) is 0 Å². The first-order chi connectivity index (χ1) is 9.08. The molecule has 0 radical (unpaired) electrons. The van der Waals surface area contributed by atoms with Crippen molar-refractivity contribution in [3.05, 3.63) is 57.5 Å². The lowest BCUT2D eigenvalue weighted by Crippen LogP contribution is -2.15. The van der Waals surface area contributed by atoms with E-state index in [0.29, 0.717) is 18.7 Å². The Hall–Kier alpha value is -1.59. The minimum Gasteiger partial charge on any atom is -0.475 e. The van der Waals surface area contributed by atoms with Crippen LogP contribution in [0.5, 0.6) is 0 Å². The number of aromatic carboxylic acids is 1. The summed E-state index contributed by atoms with van der Waals surface area (Å²) >= 11 is 3.44. The number of halogens is 1. The molecular weight excluding hydrogens is 310 g/mol. The van der Waals surface area contributed by atoms with Crippen molar-refractivity contribution in [1.82, 2.24) is 5.32 Å². The number of rotatable bonds is 5. The van der Waals surface area contributed by atoms with Gasteiger partial charge in [0.25, 0.3) is 0 Å². The van der Waals surface area contributed by atoms with Gasteiger partial charge in [-0.15, -0.1) is 0 Å². The van der Waals surface area contributed by atoms with Gasteiger partial charge in [-0.1, -0.05) is 22.0 Å². The van der Waals surface area contributed by atoms with E-state index in [2.05, 4.69) is 27.3 Å². The second-order valence-corrected chi connectivity index (χ2v) is 5.17. The molecule has 0 saturated heterocycles. The standard InChI is InChI=1S/C14H14BrNO3/c1-9-2-3-12(15)6-11(9)8-16-7-10-4-5-19-13(10)14(17)18/h2-6,16H,7-8H2,1H3,(H,17,18). The predicted molar refractivity (Wildman–Crippen MR) is 75.1 cm³/mol. The highest BCUT2D eigenvalue weighted by atomic mass is 79.9. The fourth-order valence-electron chi connectivity index (χ4n) is 1.82. The van der Waals surface area contributed by atoms with Gasteiger partial charge in [-0.2, -0.15) is 0 Å². The van der Waals surface area contributed by atoms with Crippen LogP contribution in [0.3, 0.4) is 0 Å². The Morgan fingerprint density at radius 3 is 2.79 bits per heavy atom. The van der Waals surface area contributed by atoms with E-state index in [9.17, 15) is 4.79 Å². The number of carbonyl (C=O) groups is 1. The number of hydrogen-bond donors (Lipinski definition) is 2. The highest BCUT2D eigenvalue weighted by Crippen LogP contribution is 2.16. The highest BCUT2D eigenvalue weighted by Gasteiger charge is 2.13. The van der Waals surface area contributed by atoms with Gasteiger partial charge in [0.2, 0.25) is 5.76 Å². The maximum absolute atomic E-state index is 10.9.